The van der Waals surface area contributed by atoms with Crippen LogP contribution in [0.5, 0.6) is 0 Å². The molecule has 2 aromatic heterocycles. The molecule has 0 atom stereocenters. The lowest BCUT2D eigenvalue weighted by Gasteiger charge is -2.26. The molecular formula is C19H20ClFN4O2. The molecule has 0 saturated heterocycles. The number of aliphatic hydroxyl groups is 1. The Morgan fingerprint density at radius 2 is 2.11 bits per heavy atom. The van der Waals surface area contributed by atoms with E-state index in [1.165, 1.54) is 6.20 Å². The minimum atomic E-state index is -0.585. The van der Waals surface area contributed by atoms with E-state index < -0.39 is 6.67 Å². The minimum absolute atomic E-state index is 0.0511. The number of aliphatic hydroxyl groups excluding tert-OH is 1. The van der Waals surface area contributed by atoms with Gasteiger partial charge in [0.25, 0.3) is 0 Å². The molecule has 0 unspecified atom stereocenters. The number of hydrogen-bond acceptors (Lipinski definition) is 4. The van der Waals surface area contributed by atoms with Crippen molar-refractivity contribution in [2.24, 2.45) is 0 Å². The summed E-state index contributed by atoms with van der Waals surface area (Å²) in [5, 5.41) is 12.2. The third-order valence-electron chi connectivity index (χ3n) is 4.31. The van der Waals surface area contributed by atoms with Crippen LogP contribution in [0, 0.1) is 0 Å². The van der Waals surface area contributed by atoms with Crippen molar-refractivity contribution in [2.45, 2.75) is 19.5 Å². The van der Waals surface area contributed by atoms with E-state index in [1.54, 1.807) is 23.2 Å². The first kappa shape index (κ1) is 19.3. The van der Waals surface area contributed by atoms with Gasteiger partial charge in [0.1, 0.15) is 12.5 Å². The molecule has 2 aromatic rings. The maximum absolute atomic E-state index is 12.5. The zero-order valence-corrected chi connectivity index (χ0v) is 15.4. The standard InChI is InChI=1S/C19H20ClFN4O2/c20-16-9-13(5-8-26)11-23-18(16)15-3-6-25(7-4-15)19(27)24-17-2-1-14(10-21)12-22-17/h1-3,9,11-12,26H,4-8,10H2,(H,22,24,27). The molecule has 1 aliphatic rings. The molecule has 0 fully saturated rings. The topological polar surface area (TPSA) is 78.4 Å². The van der Waals surface area contributed by atoms with Crippen molar-refractivity contribution >= 4 is 29.0 Å². The molecule has 0 saturated carbocycles. The van der Waals surface area contributed by atoms with Gasteiger partial charge in [-0.25, -0.2) is 14.2 Å². The molecule has 0 radical (unpaired) electrons. The van der Waals surface area contributed by atoms with E-state index in [4.69, 9.17) is 16.7 Å². The fourth-order valence-electron chi connectivity index (χ4n) is 2.81. The molecule has 3 rings (SSSR count). The van der Waals surface area contributed by atoms with Crippen molar-refractivity contribution in [1.29, 1.82) is 0 Å². The minimum Gasteiger partial charge on any atom is -0.396 e. The Hall–Kier alpha value is -2.51. The third-order valence-corrected chi connectivity index (χ3v) is 4.60. The maximum Gasteiger partial charge on any atom is 0.323 e. The summed E-state index contributed by atoms with van der Waals surface area (Å²) in [5.74, 6) is 0.385. The Kier molecular flexibility index (Phi) is 6.36. The van der Waals surface area contributed by atoms with Crippen LogP contribution in [0.2, 0.25) is 5.02 Å². The van der Waals surface area contributed by atoms with Gasteiger partial charge in [-0.3, -0.25) is 10.3 Å². The zero-order chi connectivity index (χ0) is 19.2. The highest BCUT2D eigenvalue weighted by atomic mass is 35.5. The average Bonchev–Trinajstić information content (AvgIpc) is 2.69. The normalized spacial score (nSPS) is 14.0. The Bertz CT molecular complexity index is 842. The summed E-state index contributed by atoms with van der Waals surface area (Å²) in [6.45, 7) is 0.421. The van der Waals surface area contributed by atoms with Crippen LogP contribution in [0.25, 0.3) is 5.57 Å². The molecule has 0 aromatic carbocycles. The number of nitrogens with one attached hydrogen (secondary N) is 1. The van der Waals surface area contributed by atoms with E-state index in [2.05, 4.69) is 15.3 Å². The monoisotopic (exact) mass is 390 g/mol. The first-order valence-electron chi connectivity index (χ1n) is 8.62. The van der Waals surface area contributed by atoms with E-state index in [0.29, 0.717) is 48.0 Å². The molecule has 2 amide bonds. The van der Waals surface area contributed by atoms with Gasteiger partial charge >= 0.3 is 6.03 Å². The molecule has 8 heteroatoms. The SMILES string of the molecule is O=C(Nc1ccc(CF)cn1)N1CC=C(c2ncc(CCO)cc2Cl)CC1. The quantitative estimate of drug-likeness (QED) is 0.819. The van der Waals surface area contributed by atoms with Crippen LogP contribution in [-0.2, 0) is 13.1 Å². The number of alkyl halides is 1. The highest BCUT2D eigenvalue weighted by Crippen LogP contribution is 2.27. The molecule has 6 nitrogen and oxygen atoms in total. The fraction of sp³-hybridized carbons (Fsp3) is 0.316. The number of carbonyl (C=O) groups is 1. The Morgan fingerprint density at radius 1 is 1.30 bits per heavy atom. The van der Waals surface area contributed by atoms with Crippen LogP contribution in [-0.4, -0.2) is 45.7 Å². The zero-order valence-electron chi connectivity index (χ0n) is 14.7. The van der Waals surface area contributed by atoms with Gasteiger partial charge < -0.3 is 10.0 Å². The number of aromatic nitrogens is 2. The number of anilines is 1. The highest BCUT2D eigenvalue weighted by molar-refractivity contribution is 6.32. The number of halogens is 2. The van der Waals surface area contributed by atoms with Crippen molar-refractivity contribution in [3.8, 4) is 0 Å². The lowest BCUT2D eigenvalue weighted by molar-refractivity contribution is 0.217. The van der Waals surface area contributed by atoms with E-state index in [1.807, 2.05) is 12.1 Å². The average molecular weight is 391 g/mol. The number of nitrogens with zero attached hydrogens (tertiary/aromatic N) is 3. The van der Waals surface area contributed by atoms with Crippen molar-refractivity contribution in [1.82, 2.24) is 14.9 Å². The Labute approximate surface area is 161 Å². The lowest BCUT2D eigenvalue weighted by atomic mass is 10.0. The largest absolute Gasteiger partial charge is 0.396 e. The second-order valence-electron chi connectivity index (χ2n) is 6.19. The summed E-state index contributed by atoms with van der Waals surface area (Å²) in [6, 6.07) is 4.72. The molecular weight excluding hydrogens is 371 g/mol. The van der Waals surface area contributed by atoms with Crippen LogP contribution in [0.1, 0.15) is 23.2 Å². The summed E-state index contributed by atoms with van der Waals surface area (Å²) in [4.78, 5) is 22.4. The molecule has 2 N–H and O–H groups in total. The molecule has 0 bridgehead atoms. The van der Waals surface area contributed by atoms with E-state index in [9.17, 15) is 9.18 Å². The molecule has 142 valence electrons. The molecule has 3 heterocycles. The maximum atomic E-state index is 12.5. The highest BCUT2D eigenvalue weighted by Gasteiger charge is 2.20. The second kappa shape index (κ2) is 8.92. The molecule has 0 aliphatic carbocycles. The van der Waals surface area contributed by atoms with Gasteiger partial charge in [0.2, 0.25) is 0 Å². The van der Waals surface area contributed by atoms with Gasteiger partial charge in [-0.2, -0.15) is 0 Å². The molecule has 1 aliphatic heterocycles. The molecule has 0 spiro atoms. The fourth-order valence-corrected chi connectivity index (χ4v) is 3.12. The van der Waals surface area contributed by atoms with Gasteiger partial charge in [0.05, 0.1) is 10.7 Å². The van der Waals surface area contributed by atoms with Crippen LogP contribution < -0.4 is 5.32 Å². The number of carbonyl (C=O) groups excluding carboxylic acids is 1. The second-order valence-corrected chi connectivity index (χ2v) is 6.60. The summed E-state index contributed by atoms with van der Waals surface area (Å²) >= 11 is 6.32. The van der Waals surface area contributed by atoms with E-state index >= 15 is 0 Å². The first-order chi connectivity index (χ1) is 13.1. The predicted molar refractivity (Wildman–Crippen MR) is 102 cm³/mol. The van der Waals surface area contributed by atoms with Gasteiger partial charge in [-0.05, 0) is 36.1 Å². The van der Waals surface area contributed by atoms with Gasteiger partial charge in [-0.15, -0.1) is 0 Å². The lowest BCUT2D eigenvalue weighted by Crippen LogP contribution is -2.38. The van der Waals surface area contributed by atoms with Gasteiger partial charge in [-0.1, -0.05) is 23.7 Å². The Morgan fingerprint density at radius 3 is 2.70 bits per heavy atom. The summed E-state index contributed by atoms with van der Waals surface area (Å²) in [5.41, 5.74) is 3.05. The third kappa shape index (κ3) is 4.81. The van der Waals surface area contributed by atoms with Gasteiger partial charge in [0, 0.05) is 37.7 Å². The summed E-state index contributed by atoms with van der Waals surface area (Å²) in [7, 11) is 0. The van der Waals surface area contributed by atoms with Crippen molar-refractivity contribution in [3.05, 3.63) is 58.5 Å². The smallest absolute Gasteiger partial charge is 0.323 e. The van der Waals surface area contributed by atoms with E-state index in [0.717, 1.165) is 11.1 Å². The first-order valence-corrected chi connectivity index (χ1v) is 9.00. The summed E-state index contributed by atoms with van der Waals surface area (Å²) in [6.07, 6.45) is 6.19. The van der Waals surface area contributed by atoms with Crippen molar-refractivity contribution < 1.29 is 14.3 Å². The van der Waals surface area contributed by atoms with Crippen LogP contribution >= 0.6 is 11.6 Å². The Balaban J connectivity index is 1.62. The van der Waals surface area contributed by atoms with Gasteiger partial charge in [0.15, 0.2) is 0 Å². The van der Waals surface area contributed by atoms with Crippen LogP contribution in [0.4, 0.5) is 15.0 Å². The number of urea groups is 1. The van der Waals surface area contributed by atoms with E-state index in [-0.39, 0.29) is 12.6 Å². The van der Waals surface area contributed by atoms with Crippen molar-refractivity contribution in [2.75, 3.05) is 25.0 Å². The summed E-state index contributed by atoms with van der Waals surface area (Å²) < 4.78 is 12.5. The predicted octanol–water partition coefficient (Wildman–Crippen LogP) is 3.46. The van der Waals surface area contributed by atoms with Crippen molar-refractivity contribution in [3.63, 3.8) is 0 Å². The molecule has 27 heavy (non-hydrogen) atoms. The number of pyridine rings is 2. The number of rotatable bonds is 5. The number of amides is 2. The van der Waals surface area contributed by atoms with Crippen LogP contribution in [0.15, 0.2) is 36.7 Å². The van der Waals surface area contributed by atoms with Crippen LogP contribution in [0.3, 0.4) is 0 Å². The number of hydrogen-bond donors (Lipinski definition) is 2.